The van der Waals surface area contributed by atoms with Gasteiger partial charge in [0.25, 0.3) is 0 Å². The maximum Gasteiger partial charge on any atom is 0.305 e. The second kappa shape index (κ2) is 7.26. The number of hydrogen-bond donors (Lipinski definition) is 1. The summed E-state index contributed by atoms with van der Waals surface area (Å²) in [6.45, 7) is 2.46. The van der Waals surface area contributed by atoms with Crippen molar-refractivity contribution in [3.8, 4) is 17.2 Å². The van der Waals surface area contributed by atoms with Crippen LogP contribution in [-0.4, -0.2) is 33.9 Å². The van der Waals surface area contributed by atoms with Gasteiger partial charge < -0.3 is 5.32 Å². The number of allylic oxidation sites excluding steroid dienone is 1. The first-order chi connectivity index (χ1) is 14.3. The van der Waals surface area contributed by atoms with Crippen molar-refractivity contribution in [2.75, 3.05) is 7.05 Å². The Morgan fingerprint density at radius 1 is 1.27 bits per heavy atom. The number of nitriles is 1. The molecule has 1 N–H and O–H groups in total. The van der Waals surface area contributed by atoms with Crippen LogP contribution >= 0.6 is 0 Å². The van der Waals surface area contributed by atoms with Crippen LogP contribution in [0.2, 0.25) is 0 Å². The van der Waals surface area contributed by atoms with Gasteiger partial charge in [-0.3, -0.25) is 0 Å². The van der Waals surface area contributed by atoms with E-state index in [1.165, 1.54) is 4.52 Å². The molecule has 3 aromatic rings. The average Bonchev–Trinajstić information content (AvgIpc) is 3.31. The summed E-state index contributed by atoms with van der Waals surface area (Å²) in [5.41, 5.74) is 3.37. The van der Waals surface area contributed by atoms with Crippen LogP contribution in [0, 0.1) is 18.3 Å². The van der Waals surface area contributed by atoms with Crippen LogP contribution < -0.4 is 5.32 Å². The Balaban J connectivity index is 2.14. The van der Waals surface area contributed by atoms with Gasteiger partial charge in [0.05, 0.1) is 11.7 Å². The molecule has 1 aromatic carbocycles. The number of likely N-dealkylation sites (N-methyl/N-ethyl adjacent to an activating group) is 1. The van der Waals surface area contributed by atoms with Gasteiger partial charge in [-0.05, 0) is 30.7 Å². The van der Waals surface area contributed by atoms with Gasteiger partial charge in [-0.15, -0.1) is 5.10 Å². The Bertz CT molecular complexity index is 1190. The number of pyridine rings is 1. The SMILES string of the molecule is CNC1C=C(c2c(-c3ccccc3)c(C)c(C#N)c3nc(C(C)(F)F)nn23)CC1F. The predicted molar refractivity (Wildman–Crippen MR) is 108 cm³/mol. The van der Waals surface area contributed by atoms with E-state index in [2.05, 4.69) is 21.5 Å². The number of nitrogens with zero attached hydrogens (tertiary/aromatic N) is 4. The molecule has 0 radical (unpaired) electrons. The monoisotopic (exact) mass is 411 g/mol. The molecule has 30 heavy (non-hydrogen) atoms. The average molecular weight is 411 g/mol. The molecular formula is C22H20F3N5. The van der Waals surface area contributed by atoms with Gasteiger partial charge >= 0.3 is 5.92 Å². The number of nitrogens with one attached hydrogen (secondary N) is 1. The molecule has 0 spiro atoms. The van der Waals surface area contributed by atoms with Crippen LogP contribution in [0.4, 0.5) is 13.2 Å². The molecular weight excluding hydrogens is 391 g/mol. The van der Waals surface area contributed by atoms with Crippen LogP contribution in [0.25, 0.3) is 22.3 Å². The zero-order valence-electron chi connectivity index (χ0n) is 16.7. The minimum atomic E-state index is -3.28. The normalized spacial score (nSPS) is 19.2. The summed E-state index contributed by atoms with van der Waals surface area (Å²) in [7, 11) is 1.67. The molecule has 0 aliphatic heterocycles. The third kappa shape index (κ3) is 3.15. The molecule has 1 aliphatic carbocycles. The maximum absolute atomic E-state index is 14.6. The fraction of sp³-hybridized carbons (Fsp3) is 0.318. The van der Waals surface area contributed by atoms with E-state index >= 15 is 0 Å². The van der Waals surface area contributed by atoms with E-state index in [0.717, 1.165) is 5.56 Å². The summed E-state index contributed by atoms with van der Waals surface area (Å²) in [6.07, 6.45) is 0.696. The lowest BCUT2D eigenvalue weighted by molar-refractivity contribution is 0.00798. The van der Waals surface area contributed by atoms with Crippen molar-refractivity contribution >= 4 is 11.2 Å². The van der Waals surface area contributed by atoms with E-state index in [9.17, 15) is 18.4 Å². The molecule has 1 aliphatic rings. The Morgan fingerprint density at radius 2 is 1.97 bits per heavy atom. The van der Waals surface area contributed by atoms with E-state index < -0.39 is 24.0 Å². The van der Waals surface area contributed by atoms with E-state index in [0.29, 0.717) is 29.3 Å². The van der Waals surface area contributed by atoms with Crippen LogP contribution in [0.3, 0.4) is 0 Å². The highest BCUT2D eigenvalue weighted by Gasteiger charge is 2.35. The van der Waals surface area contributed by atoms with Crippen LogP contribution in [0.5, 0.6) is 0 Å². The third-order valence-electron chi connectivity index (χ3n) is 5.42. The highest BCUT2D eigenvalue weighted by Crippen LogP contribution is 2.40. The lowest BCUT2D eigenvalue weighted by Gasteiger charge is -2.17. The van der Waals surface area contributed by atoms with E-state index in [1.54, 1.807) is 20.0 Å². The quantitative estimate of drug-likeness (QED) is 0.691. The van der Waals surface area contributed by atoms with Crippen LogP contribution in [-0.2, 0) is 5.92 Å². The number of rotatable bonds is 4. The van der Waals surface area contributed by atoms with Crippen molar-refractivity contribution in [2.24, 2.45) is 0 Å². The molecule has 0 bridgehead atoms. The Labute approximate surface area is 171 Å². The summed E-state index contributed by atoms with van der Waals surface area (Å²) in [5, 5.41) is 16.8. The summed E-state index contributed by atoms with van der Waals surface area (Å²) in [4.78, 5) is 3.98. The minimum absolute atomic E-state index is 0.0467. The second-order valence-electron chi connectivity index (χ2n) is 7.49. The van der Waals surface area contributed by atoms with Crippen LogP contribution in [0.15, 0.2) is 36.4 Å². The summed E-state index contributed by atoms with van der Waals surface area (Å²) >= 11 is 0. The number of benzene rings is 1. The molecule has 2 aromatic heterocycles. The molecule has 8 heteroatoms. The minimum Gasteiger partial charge on any atom is -0.311 e. The Kier molecular flexibility index (Phi) is 4.86. The number of alkyl halides is 3. The molecule has 2 unspecified atom stereocenters. The summed E-state index contributed by atoms with van der Waals surface area (Å²) < 4.78 is 43.9. The topological polar surface area (TPSA) is 66.0 Å². The zero-order chi connectivity index (χ0) is 21.6. The molecule has 0 amide bonds. The lowest BCUT2D eigenvalue weighted by Crippen LogP contribution is -2.29. The summed E-state index contributed by atoms with van der Waals surface area (Å²) in [5.74, 6) is -3.96. The first-order valence-corrected chi connectivity index (χ1v) is 9.55. The standard InChI is InChI=1S/C22H20F3N5/c1-12-15(11-26)20-28-21(22(2,24)25)29-30(20)19(14-9-16(23)17(10-14)27-3)18(12)13-7-5-4-6-8-13/h4-8,10,16-17,27H,9H2,1-3H3. The molecule has 2 atom stereocenters. The Morgan fingerprint density at radius 3 is 2.53 bits per heavy atom. The maximum atomic E-state index is 14.6. The molecule has 0 fully saturated rings. The van der Waals surface area contributed by atoms with Gasteiger partial charge in [-0.1, -0.05) is 36.4 Å². The molecule has 4 rings (SSSR count). The van der Waals surface area contributed by atoms with E-state index in [1.807, 2.05) is 30.3 Å². The predicted octanol–water partition coefficient (Wildman–Crippen LogP) is 4.40. The fourth-order valence-corrected chi connectivity index (χ4v) is 3.95. The lowest BCUT2D eigenvalue weighted by atomic mass is 9.92. The molecule has 154 valence electrons. The second-order valence-corrected chi connectivity index (χ2v) is 7.49. The van der Waals surface area contributed by atoms with E-state index in [-0.39, 0.29) is 17.6 Å². The largest absolute Gasteiger partial charge is 0.311 e. The molecule has 5 nitrogen and oxygen atoms in total. The smallest absolute Gasteiger partial charge is 0.305 e. The van der Waals surface area contributed by atoms with Crippen molar-refractivity contribution in [3.63, 3.8) is 0 Å². The van der Waals surface area contributed by atoms with Crippen molar-refractivity contribution in [1.82, 2.24) is 19.9 Å². The number of aromatic nitrogens is 3. The summed E-state index contributed by atoms with van der Waals surface area (Å²) in [6, 6.07) is 10.9. The highest BCUT2D eigenvalue weighted by molar-refractivity contribution is 5.87. The van der Waals surface area contributed by atoms with Gasteiger partial charge in [0.15, 0.2) is 5.65 Å². The van der Waals surface area contributed by atoms with Crippen LogP contribution in [0.1, 0.15) is 36.0 Å². The van der Waals surface area contributed by atoms with Gasteiger partial charge in [0, 0.05) is 18.9 Å². The first-order valence-electron chi connectivity index (χ1n) is 9.55. The molecule has 0 saturated carbocycles. The van der Waals surface area contributed by atoms with Crippen molar-refractivity contribution < 1.29 is 13.2 Å². The first kappa shape index (κ1) is 20.1. The van der Waals surface area contributed by atoms with Gasteiger partial charge in [0.2, 0.25) is 5.82 Å². The molecule has 2 heterocycles. The molecule has 0 saturated heterocycles. The zero-order valence-corrected chi connectivity index (χ0v) is 16.7. The van der Waals surface area contributed by atoms with Crippen molar-refractivity contribution in [2.45, 2.75) is 38.4 Å². The fourth-order valence-electron chi connectivity index (χ4n) is 3.95. The number of fused-ring (bicyclic) bond motifs is 1. The van der Waals surface area contributed by atoms with Gasteiger partial charge in [-0.2, -0.15) is 14.0 Å². The van der Waals surface area contributed by atoms with Gasteiger partial charge in [-0.25, -0.2) is 13.9 Å². The number of halogens is 3. The van der Waals surface area contributed by atoms with Gasteiger partial charge in [0.1, 0.15) is 17.8 Å². The van der Waals surface area contributed by atoms with E-state index in [4.69, 9.17) is 0 Å². The highest BCUT2D eigenvalue weighted by atomic mass is 19.3. The third-order valence-corrected chi connectivity index (χ3v) is 5.42. The Hall–Kier alpha value is -3.18. The van der Waals surface area contributed by atoms with Crippen molar-refractivity contribution in [3.05, 3.63) is 59.1 Å². The van der Waals surface area contributed by atoms with Crippen molar-refractivity contribution in [1.29, 1.82) is 5.26 Å². The number of hydrogen-bond acceptors (Lipinski definition) is 4.